The molecule has 0 atom stereocenters. The Balaban J connectivity index is 1.84. The molecule has 0 spiro atoms. The lowest BCUT2D eigenvalue weighted by Gasteiger charge is -2.11. The van der Waals surface area contributed by atoms with Crippen LogP contribution in [0, 0.1) is 12.8 Å². The van der Waals surface area contributed by atoms with E-state index in [2.05, 4.69) is 12.2 Å². The molecule has 1 aliphatic rings. The van der Waals surface area contributed by atoms with Crippen LogP contribution in [-0.2, 0) is 6.18 Å². The minimum Gasteiger partial charge on any atom is -0.493 e. The van der Waals surface area contributed by atoms with Gasteiger partial charge in [0.1, 0.15) is 5.75 Å². The average Bonchev–Trinajstić information content (AvgIpc) is 2.90. The van der Waals surface area contributed by atoms with Crippen LogP contribution in [0.5, 0.6) is 5.75 Å². The van der Waals surface area contributed by atoms with Crippen LogP contribution >= 0.6 is 0 Å². The van der Waals surface area contributed by atoms with Gasteiger partial charge in [-0.05, 0) is 55.9 Å². The van der Waals surface area contributed by atoms with Crippen LogP contribution in [0.25, 0.3) is 0 Å². The Morgan fingerprint density at radius 3 is 2.57 bits per heavy atom. The molecule has 0 amide bonds. The molecular formula is C17H21F3O. The highest BCUT2D eigenvalue weighted by Crippen LogP contribution is 2.32. The number of ether oxygens (including phenoxy) is 1. The van der Waals surface area contributed by atoms with Crippen molar-refractivity contribution in [2.45, 2.75) is 45.2 Å². The quantitative estimate of drug-likeness (QED) is 0.513. The number of allylic oxidation sites excluding steroid dienone is 1. The van der Waals surface area contributed by atoms with E-state index in [1.165, 1.54) is 25.7 Å². The maximum Gasteiger partial charge on any atom is 0.416 e. The lowest BCUT2D eigenvalue weighted by Crippen LogP contribution is -2.06. The zero-order chi connectivity index (χ0) is 15.3. The van der Waals surface area contributed by atoms with Gasteiger partial charge in [-0.25, -0.2) is 0 Å². The van der Waals surface area contributed by atoms with Gasteiger partial charge < -0.3 is 4.74 Å². The lowest BCUT2D eigenvalue weighted by molar-refractivity contribution is -0.137. The molecule has 0 saturated heterocycles. The molecule has 0 bridgehead atoms. The third-order valence-electron chi connectivity index (χ3n) is 3.74. The number of aryl methyl sites for hydroxylation is 1. The van der Waals surface area contributed by atoms with E-state index in [9.17, 15) is 13.2 Å². The Labute approximate surface area is 123 Å². The van der Waals surface area contributed by atoms with E-state index in [0.29, 0.717) is 18.1 Å². The highest BCUT2D eigenvalue weighted by molar-refractivity contribution is 5.35. The van der Waals surface area contributed by atoms with Gasteiger partial charge in [-0.3, -0.25) is 0 Å². The summed E-state index contributed by atoms with van der Waals surface area (Å²) in [5, 5.41) is 0. The fraction of sp³-hybridized carbons (Fsp3) is 0.529. The predicted octanol–water partition coefficient (Wildman–Crippen LogP) is 5.53. The first-order chi connectivity index (χ1) is 9.95. The van der Waals surface area contributed by atoms with Crippen molar-refractivity contribution in [2.75, 3.05) is 6.61 Å². The van der Waals surface area contributed by atoms with Crippen molar-refractivity contribution >= 4 is 0 Å². The Morgan fingerprint density at radius 2 is 1.90 bits per heavy atom. The molecule has 21 heavy (non-hydrogen) atoms. The van der Waals surface area contributed by atoms with Gasteiger partial charge in [0.25, 0.3) is 0 Å². The highest BCUT2D eigenvalue weighted by Gasteiger charge is 2.31. The summed E-state index contributed by atoms with van der Waals surface area (Å²) in [7, 11) is 0. The largest absolute Gasteiger partial charge is 0.493 e. The second kappa shape index (κ2) is 7.01. The molecule has 0 heterocycles. The number of hydrogen-bond donors (Lipinski definition) is 0. The molecule has 1 saturated carbocycles. The average molecular weight is 298 g/mol. The van der Waals surface area contributed by atoms with Crippen molar-refractivity contribution in [3.63, 3.8) is 0 Å². The van der Waals surface area contributed by atoms with E-state index in [-0.39, 0.29) is 5.75 Å². The summed E-state index contributed by atoms with van der Waals surface area (Å²) in [5.74, 6) is 0.970. The van der Waals surface area contributed by atoms with Gasteiger partial charge in [0.2, 0.25) is 0 Å². The number of hydrogen-bond acceptors (Lipinski definition) is 1. The smallest absolute Gasteiger partial charge is 0.416 e. The van der Waals surface area contributed by atoms with Crippen LogP contribution in [0.1, 0.15) is 43.2 Å². The summed E-state index contributed by atoms with van der Waals surface area (Å²) in [6.45, 7) is 2.05. The first kappa shape index (κ1) is 15.9. The summed E-state index contributed by atoms with van der Waals surface area (Å²) in [4.78, 5) is 0. The third-order valence-corrected chi connectivity index (χ3v) is 3.74. The number of halogens is 3. The zero-order valence-electron chi connectivity index (χ0n) is 12.2. The Kier molecular flexibility index (Phi) is 5.32. The molecule has 4 heteroatoms. The summed E-state index contributed by atoms with van der Waals surface area (Å²) < 4.78 is 43.5. The van der Waals surface area contributed by atoms with Gasteiger partial charge in [0.05, 0.1) is 12.2 Å². The van der Waals surface area contributed by atoms with Crippen molar-refractivity contribution in [3.8, 4) is 5.75 Å². The van der Waals surface area contributed by atoms with Crippen molar-refractivity contribution < 1.29 is 17.9 Å². The van der Waals surface area contributed by atoms with E-state index in [0.717, 1.165) is 18.6 Å². The van der Waals surface area contributed by atoms with Gasteiger partial charge in [0, 0.05) is 0 Å². The van der Waals surface area contributed by atoms with Gasteiger partial charge in [-0.15, -0.1) is 0 Å². The normalized spacial score (nSPS) is 16.8. The summed E-state index contributed by atoms with van der Waals surface area (Å²) in [6, 6.07) is 3.83. The second-order valence-electron chi connectivity index (χ2n) is 5.64. The van der Waals surface area contributed by atoms with Gasteiger partial charge >= 0.3 is 6.18 Å². The van der Waals surface area contributed by atoms with Crippen molar-refractivity contribution in [1.29, 1.82) is 0 Å². The van der Waals surface area contributed by atoms with Crippen LogP contribution < -0.4 is 4.74 Å². The topological polar surface area (TPSA) is 9.23 Å². The van der Waals surface area contributed by atoms with Crippen molar-refractivity contribution in [1.82, 2.24) is 0 Å². The molecule has 1 nitrogen and oxygen atoms in total. The third kappa shape index (κ3) is 5.10. The minimum absolute atomic E-state index is 0.289. The molecule has 2 rings (SSSR count). The van der Waals surface area contributed by atoms with E-state index >= 15 is 0 Å². The van der Waals surface area contributed by atoms with E-state index in [1.807, 2.05) is 0 Å². The first-order valence-corrected chi connectivity index (χ1v) is 7.43. The monoisotopic (exact) mass is 298 g/mol. The second-order valence-corrected chi connectivity index (χ2v) is 5.64. The summed E-state index contributed by atoms with van der Waals surface area (Å²) >= 11 is 0. The lowest BCUT2D eigenvalue weighted by atomic mass is 10.1. The number of benzene rings is 1. The molecular weight excluding hydrogens is 277 g/mol. The first-order valence-electron chi connectivity index (χ1n) is 7.43. The van der Waals surface area contributed by atoms with Crippen LogP contribution in [0.4, 0.5) is 13.2 Å². The molecule has 1 aliphatic carbocycles. The van der Waals surface area contributed by atoms with Gasteiger partial charge in [0.15, 0.2) is 0 Å². The summed E-state index contributed by atoms with van der Waals surface area (Å²) in [5.41, 5.74) is -0.0969. The van der Waals surface area contributed by atoms with Crippen molar-refractivity contribution in [3.05, 3.63) is 41.5 Å². The van der Waals surface area contributed by atoms with Crippen LogP contribution in [0.2, 0.25) is 0 Å². The van der Waals surface area contributed by atoms with Crippen molar-refractivity contribution in [2.24, 2.45) is 5.92 Å². The Bertz CT molecular complexity index is 485. The number of rotatable bonds is 5. The molecule has 0 N–H and O–H groups in total. The van der Waals surface area contributed by atoms with Crippen LogP contribution in [-0.4, -0.2) is 6.61 Å². The molecule has 0 unspecified atom stereocenters. The Morgan fingerprint density at radius 1 is 1.19 bits per heavy atom. The maximum atomic E-state index is 12.7. The SMILES string of the molecule is Cc1cc(OCC/C=C/C2CCCC2)cc(C(F)(F)F)c1. The number of alkyl halides is 3. The van der Waals surface area contributed by atoms with E-state index in [1.54, 1.807) is 13.0 Å². The molecule has 0 radical (unpaired) electrons. The van der Waals surface area contributed by atoms with E-state index < -0.39 is 11.7 Å². The zero-order valence-corrected chi connectivity index (χ0v) is 12.2. The minimum atomic E-state index is -4.33. The van der Waals surface area contributed by atoms with Crippen LogP contribution in [0.3, 0.4) is 0 Å². The fourth-order valence-electron chi connectivity index (χ4n) is 2.68. The molecule has 0 aliphatic heterocycles. The fourth-order valence-corrected chi connectivity index (χ4v) is 2.68. The molecule has 1 fully saturated rings. The molecule has 0 aromatic heterocycles. The van der Waals surface area contributed by atoms with Crippen LogP contribution in [0.15, 0.2) is 30.4 Å². The van der Waals surface area contributed by atoms with Gasteiger partial charge in [-0.2, -0.15) is 13.2 Å². The highest BCUT2D eigenvalue weighted by atomic mass is 19.4. The maximum absolute atomic E-state index is 12.7. The van der Waals surface area contributed by atoms with Gasteiger partial charge in [-0.1, -0.05) is 25.0 Å². The predicted molar refractivity (Wildman–Crippen MR) is 77.4 cm³/mol. The summed E-state index contributed by atoms with van der Waals surface area (Å²) in [6.07, 6.45) is 5.81. The molecule has 1 aromatic carbocycles. The standard InChI is InChI=1S/C17H21F3O/c1-13-10-15(17(18,19)20)12-16(11-13)21-9-5-4-8-14-6-2-3-7-14/h4,8,10-12,14H,2-3,5-7,9H2,1H3/b8-4+. The Hall–Kier alpha value is -1.45. The van der Waals surface area contributed by atoms with E-state index in [4.69, 9.17) is 4.74 Å². The molecule has 1 aromatic rings. The molecule has 116 valence electrons.